The number of anilines is 1. The summed E-state index contributed by atoms with van der Waals surface area (Å²) < 4.78 is 14.9. The molecule has 0 saturated heterocycles. The van der Waals surface area contributed by atoms with Gasteiger partial charge in [0.25, 0.3) is 5.91 Å². The molecular weight excluding hydrogens is 307 g/mol. The van der Waals surface area contributed by atoms with Crippen LogP contribution >= 0.6 is 0 Å². The van der Waals surface area contributed by atoms with E-state index in [0.717, 1.165) is 5.69 Å². The Morgan fingerprint density at radius 2 is 1.96 bits per heavy atom. The molecule has 2 aromatic carbocycles. The maximum absolute atomic E-state index is 13.3. The maximum Gasteiger partial charge on any atom is 0.259 e. The van der Waals surface area contributed by atoms with Crippen molar-refractivity contribution < 1.29 is 9.18 Å². The minimum absolute atomic E-state index is 0.341. The Bertz CT molecular complexity index is 845. The Labute approximate surface area is 138 Å². The Morgan fingerprint density at radius 3 is 2.67 bits per heavy atom. The third kappa shape index (κ3) is 3.49. The summed E-state index contributed by atoms with van der Waals surface area (Å²) >= 11 is 0. The van der Waals surface area contributed by atoms with E-state index in [1.165, 1.54) is 12.1 Å². The van der Waals surface area contributed by atoms with Crippen LogP contribution in [0.15, 0.2) is 60.8 Å². The number of nitrogens with two attached hydrogens (primary N) is 1. The fourth-order valence-corrected chi connectivity index (χ4v) is 2.40. The number of halogens is 1. The molecule has 0 bridgehead atoms. The van der Waals surface area contributed by atoms with Crippen LogP contribution in [0, 0.1) is 5.82 Å². The summed E-state index contributed by atoms with van der Waals surface area (Å²) in [7, 11) is 0. The van der Waals surface area contributed by atoms with Gasteiger partial charge in [0.15, 0.2) is 0 Å². The van der Waals surface area contributed by atoms with Crippen molar-refractivity contribution in [3.05, 3.63) is 77.9 Å². The predicted octanol–water partition coefficient (Wildman–Crippen LogP) is 2.76. The molecule has 122 valence electrons. The van der Waals surface area contributed by atoms with Gasteiger partial charge in [-0.3, -0.25) is 4.79 Å². The predicted molar refractivity (Wildman–Crippen MR) is 90.7 cm³/mol. The topological polar surface area (TPSA) is 72.9 Å². The number of nitrogens with zero attached hydrogens (tertiary/aromatic N) is 2. The average Bonchev–Trinajstić information content (AvgIpc) is 3.00. The van der Waals surface area contributed by atoms with Crippen LogP contribution in [0.3, 0.4) is 0 Å². The van der Waals surface area contributed by atoms with E-state index in [2.05, 4.69) is 10.4 Å². The second kappa shape index (κ2) is 7.06. The fourth-order valence-electron chi connectivity index (χ4n) is 2.40. The van der Waals surface area contributed by atoms with Gasteiger partial charge < -0.3 is 11.1 Å². The minimum Gasteiger partial charge on any atom is -0.330 e. The fraction of sp³-hybridized carbons (Fsp3) is 0.111. The van der Waals surface area contributed by atoms with Gasteiger partial charge in [-0.05, 0) is 36.9 Å². The molecule has 3 rings (SSSR count). The van der Waals surface area contributed by atoms with Crippen LogP contribution in [0.4, 0.5) is 10.1 Å². The molecule has 0 saturated carbocycles. The number of rotatable bonds is 5. The molecule has 0 fully saturated rings. The normalized spacial score (nSPS) is 10.6. The number of carbonyl (C=O) groups is 1. The van der Waals surface area contributed by atoms with Crippen LogP contribution in [0.1, 0.15) is 16.1 Å². The molecule has 0 atom stereocenters. The highest BCUT2D eigenvalue weighted by atomic mass is 19.1. The van der Waals surface area contributed by atoms with Crippen LogP contribution in [0.25, 0.3) is 5.69 Å². The second-order valence-corrected chi connectivity index (χ2v) is 5.27. The lowest BCUT2D eigenvalue weighted by molar-refractivity contribution is 0.102. The van der Waals surface area contributed by atoms with Crippen molar-refractivity contribution in [3.8, 4) is 5.69 Å². The SMILES string of the molecule is NCCc1nn(-c2ccccc2)cc1C(=O)Nc1cccc(F)c1. The summed E-state index contributed by atoms with van der Waals surface area (Å²) in [5.41, 5.74) is 7.89. The van der Waals surface area contributed by atoms with E-state index in [1.54, 1.807) is 23.0 Å². The highest BCUT2D eigenvalue weighted by Crippen LogP contribution is 2.16. The number of hydrogen-bond acceptors (Lipinski definition) is 3. The maximum atomic E-state index is 13.3. The van der Waals surface area contributed by atoms with Crippen molar-refractivity contribution in [1.82, 2.24) is 9.78 Å². The zero-order valence-corrected chi connectivity index (χ0v) is 12.9. The molecule has 0 aliphatic rings. The molecule has 1 heterocycles. The Hall–Kier alpha value is -2.99. The molecule has 24 heavy (non-hydrogen) atoms. The van der Waals surface area contributed by atoms with Gasteiger partial charge in [0.05, 0.1) is 16.9 Å². The van der Waals surface area contributed by atoms with Gasteiger partial charge >= 0.3 is 0 Å². The zero-order valence-electron chi connectivity index (χ0n) is 12.9. The average molecular weight is 324 g/mol. The first-order valence-corrected chi connectivity index (χ1v) is 7.58. The number of amides is 1. The monoisotopic (exact) mass is 324 g/mol. The van der Waals surface area contributed by atoms with Crippen molar-refractivity contribution in [1.29, 1.82) is 0 Å². The summed E-state index contributed by atoms with van der Waals surface area (Å²) in [5.74, 6) is -0.749. The number of benzene rings is 2. The molecule has 3 aromatic rings. The van der Waals surface area contributed by atoms with E-state index in [1.807, 2.05) is 30.3 Å². The summed E-state index contributed by atoms with van der Waals surface area (Å²) in [5, 5.41) is 7.14. The van der Waals surface area contributed by atoms with E-state index in [9.17, 15) is 9.18 Å². The van der Waals surface area contributed by atoms with Gasteiger partial charge in [0, 0.05) is 18.3 Å². The largest absolute Gasteiger partial charge is 0.330 e. The van der Waals surface area contributed by atoms with Crippen LogP contribution in [0.5, 0.6) is 0 Å². The molecule has 3 N–H and O–H groups in total. The Balaban J connectivity index is 1.91. The van der Waals surface area contributed by atoms with Gasteiger partial charge in [-0.15, -0.1) is 0 Å². The third-order valence-electron chi connectivity index (χ3n) is 3.52. The molecule has 0 spiro atoms. The molecule has 0 unspecified atom stereocenters. The lowest BCUT2D eigenvalue weighted by Gasteiger charge is -2.04. The number of hydrogen-bond donors (Lipinski definition) is 2. The number of nitrogens with one attached hydrogen (secondary N) is 1. The quantitative estimate of drug-likeness (QED) is 0.758. The Kier molecular flexibility index (Phi) is 4.67. The molecule has 1 amide bonds. The molecule has 0 aliphatic carbocycles. The molecule has 0 radical (unpaired) electrons. The highest BCUT2D eigenvalue weighted by Gasteiger charge is 2.17. The first kappa shape index (κ1) is 15.9. The number of para-hydroxylation sites is 1. The van der Waals surface area contributed by atoms with E-state index in [0.29, 0.717) is 29.9 Å². The Morgan fingerprint density at radius 1 is 1.17 bits per heavy atom. The van der Waals surface area contributed by atoms with Gasteiger partial charge in [-0.2, -0.15) is 5.10 Å². The summed E-state index contributed by atoms with van der Waals surface area (Å²) in [6.07, 6.45) is 2.14. The van der Waals surface area contributed by atoms with Crippen LogP contribution < -0.4 is 11.1 Å². The van der Waals surface area contributed by atoms with E-state index in [4.69, 9.17) is 5.73 Å². The highest BCUT2D eigenvalue weighted by molar-refractivity contribution is 6.05. The van der Waals surface area contributed by atoms with Crippen molar-refractivity contribution in [2.75, 3.05) is 11.9 Å². The van der Waals surface area contributed by atoms with Crippen LogP contribution in [0.2, 0.25) is 0 Å². The molecular formula is C18H17FN4O. The minimum atomic E-state index is -0.407. The van der Waals surface area contributed by atoms with Crippen molar-refractivity contribution in [2.45, 2.75) is 6.42 Å². The van der Waals surface area contributed by atoms with Gasteiger partial charge in [-0.1, -0.05) is 24.3 Å². The number of aromatic nitrogens is 2. The smallest absolute Gasteiger partial charge is 0.259 e. The van der Waals surface area contributed by atoms with E-state index >= 15 is 0 Å². The third-order valence-corrected chi connectivity index (χ3v) is 3.52. The summed E-state index contributed by atoms with van der Waals surface area (Å²) in [6, 6.07) is 15.2. The molecule has 1 aromatic heterocycles. The first-order valence-electron chi connectivity index (χ1n) is 7.58. The van der Waals surface area contributed by atoms with E-state index < -0.39 is 5.82 Å². The van der Waals surface area contributed by atoms with Crippen molar-refractivity contribution in [2.24, 2.45) is 5.73 Å². The lowest BCUT2D eigenvalue weighted by Crippen LogP contribution is -2.15. The standard InChI is InChI=1S/C18H17FN4O/c19-13-5-4-6-14(11-13)21-18(24)16-12-23(22-17(16)9-10-20)15-7-2-1-3-8-15/h1-8,11-12H,9-10,20H2,(H,21,24). The summed E-state index contributed by atoms with van der Waals surface area (Å²) in [4.78, 5) is 12.5. The van der Waals surface area contributed by atoms with Crippen LogP contribution in [-0.2, 0) is 6.42 Å². The van der Waals surface area contributed by atoms with Gasteiger partial charge in [-0.25, -0.2) is 9.07 Å². The first-order chi connectivity index (χ1) is 11.7. The zero-order chi connectivity index (χ0) is 16.9. The molecule has 6 heteroatoms. The summed E-state index contributed by atoms with van der Waals surface area (Å²) in [6.45, 7) is 0.381. The number of carbonyl (C=O) groups excluding carboxylic acids is 1. The lowest BCUT2D eigenvalue weighted by atomic mass is 10.2. The second-order valence-electron chi connectivity index (χ2n) is 5.27. The van der Waals surface area contributed by atoms with Crippen molar-refractivity contribution >= 4 is 11.6 Å². The van der Waals surface area contributed by atoms with Gasteiger partial charge in [0.2, 0.25) is 0 Å². The van der Waals surface area contributed by atoms with Crippen molar-refractivity contribution in [3.63, 3.8) is 0 Å². The van der Waals surface area contributed by atoms with Crippen LogP contribution in [-0.4, -0.2) is 22.2 Å². The van der Waals surface area contributed by atoms with Gasteiger partial charge in [0.1, 0.15) is 5.82 Å². The molecule has 5 nitrogen and oxygen atoms in total. The molecule has 0 aliphatic heterocycles. The van der Waals surface area contributed by atoms with E-state index in [-0.39, 0.29) is 5.91 Å².